The predicted molar refractivity (Wildman–Crippen MR) is 59.9 cm³/mol. The Balaban J connectivity index is 2.55. The zero-order chi connectivity index (χ0) is 10.2. The molecule has 14 heavy (non-hydrogen) atoms. The van der Waals surface area contributed by atoms with Crippen LogP contribution in [0.15, 0.2) is 24.3 Å². The van der Waals surface area contributed by atoms with Crippen molar-refractivity contribution >= 4 is 0 Å². The van der Waals surface area contributed by atoms with Gasteiger partial charge in [-0.15, -0.1) is 0 Å². The van der Waals surface area contributed by atoms with E-state index in [0.29, 0.717) is 0 Å². The maximum absolute atomic E-state index is 5.55. The van der Waals surface area contributed by atoms with Gasteiger partial charge in [-0.2, -0.15) is 0 Å². The third kappa shape index (κ3) is 3.38. The normalized spacial score (nSPS) is 10.1. The summed E-state index contributed by atoms with van der Waals surface area (Å²) in [5, 5.41) is 3.15. The van der Waals surface area contributed by atoms with Crippen molar-refractivity contribution in [2.45, 2.75) is 19.8 Å². The molecule has 0 saturated heterocycles. The van der Waals surface area contributed by atoms with Gasteiger partial charge < -0.3 is 10.1 Å². The van der Waals surface area contributed by atoms with E-state index in [1.165, 1.54) is 5.56 Å². The van der Waals surface area contributed by atoms with Gasteiger partial charge in [0.2, 0.25) is 0 Å². The molecule has 0 bridgehead atoms. The number of aryl methyl sites for hydroxylation is 1. The van der Waals surface area contributed by atoms with E-state index in [-0.39, 0.29) is 0 Å². The van der Waals surface area contributed by atoms with Crippen molar-refractivity contribution in [1.29, 1.82) is 0 Å². The zero-order valence-electron chi connectivity index (χ0n) is 9.05. The maximum atomic E-state index is 5.55. The van der Waals surface area contributed by atoms with Gasteiger partial charge in [-0.1, -0.05) is 18.2 Å². The van der Waals surface area contributed by atoms with E-state index < -0.39 is 0 Å². The zero-order valence-corrected chi connectivity index (χ0v) is 9.05. The summed E-state index contributed by atoms with van der Waals surface area (Å²) < 4.78 is 5.55. The Kier molecular flexibility index (Phi) is 5.08. The van der Waals surface area contributed by atoms with E-state index in [0.717, 1.165) is 31.7 Å². The fraction of sp³-hybridized carbons (Fsp3) is 0.500. The van der Waals surface area contributed by atoms with Crippen LogP contribution in [0.3, 0.4) is 0 Å². The molecule has 2 heteroatoms. The highest BCUT2D eigenvalue weighted by Gasteiger charge is 2.00. The second-order valence-electron chi connectivity index (χ2n) is 3.25. The fourth-order valence-electron chi connectivity index (χ4n) is 1.46. The molecule has 0 saturated carbocycles. The molecule has 0 heterocycles. The minimum Gasteiger partial charge on any atom is -0.494 e. The Labute approximate surface area is 86.3 Å². The van der Waals surface area contributed by atoms with Crippen LogP contribution in [0.2, 0.25) is 0 Å². The summed E-state index contributed by atoms with van der Waals surface area (Å²) in [5.41, 5.74) is 1.31. The summed E-state index contributed by atoms with van der Waals surface area (Å²) in [6.07, 6.45) is 2.23. The quantitative estimate of drug-likeness (QED) is 0.700. The Morgan fingerprint density at radius 1 is 1.29 bits per heavy atom. The highest BCUT2D eigenvalue weighted by Crippen LogP contribution is 2.19. The van der Waals surface area contributed by atoms with E-state index in [1.807, 2.05) is 26.1 Å². The Morgan fingerprint density at radius 2 is 2.07 bits per heavy atom. The van der Waals surface area contributed by atoms with Gasteiger partial charge in [-0.3, -0.25) is 0 Å². The van der Waals surface area contributed by atoms with E-state index in [2.05, 4.69) is 17.4 Å². The van der Waals surface area contributed by atoms with Gasteiger partial charge in [0.1, 0.15) is 5.75 Å². The molecule has 0 aliphatic rings. The van der Waals surface area contributed by atoms with Gasteiger partial charge in [0.25, 0.3) is 0 Å². The summed E-state index contributed by atoms with van der Waals surface area (Å²) in [6.45, 7) is 3.81. The van der Waals surface area contributed by atoms with Crippen LogP contribution < -0.4 is 10.1 Å². The first-order valence-corrected chi connectivity index (χ1v) is 5.23. The standard InChI is InChI=1S/C12H19NO/c1-3-14-12-9-5-4-7-11(12)8-6-10-13-2/h4-5,7,9,13H,3,6,8,10H2,1-2H3. The van der Waals surface area contributed by atoms with Crippen LogP contribution in [0.1, 0.15) is 18.9 Å². The number of hydrogen-bond acceptors (Lipinski definition) is 2. The SMILES string of the molecule is CCOc1ccccc1CCCNC. The number of hydrogen-bond donors (Lipinski definition) is 1. The molecule has 0 unspecified atom stereocenters. The van der Waals surface area contributed by atoms with E-state index in [4.69, 9.17) is 4.74 Å². The van der Waals surface area contributed by atoms with Crippen molar-refractivity contribution in [3.63, 3.8) is 0 Å². The van der Waals surface area contributed by atoms with Crippen molar-refractivity contribution in [2.24, 2.45) is 0 Å². The number of rotatable bonds is 6. The first-order valence-electron chi connectivity index (χ1n) is 5.23. The van der Waals surface area contributed by atoms with Crippen LogP contribution in [0.25, 0.3) is 0 Å². The van der Waals surface area contributed by atoms with Gasteiger partial charge >= 0.3 is 0 Å². The van der Waals surface area contributed by atoms with Gasteiger partial charge in [0.15, 0.2) is 0 Å². The topological polar surface area (TPSA) is 21.3 Å². The summed E-state index contributed by atoms with van der Waals surface area (Å²) in [5.74, 6) is 1.03. The summed E-state index contributed by atoms with van der Waals surface area (Å²) in [7, 11) is 1.98. The third-order valence-electron chi connectivity index (χ3n) is 2.15. The summed E-state index contributed by atoms with van der Waals surface area (Å²) in [4.78, 5) is 0. The lowest BCUT2D eigenvalue weighted by Crippen LogP contribution is -2.08. The molecule has 0 spiro atoms. The minimum absolute atomic E-state index is 0.739. The first-order chi connectivity index (χ1) is 6.88. The van der Waals surface area contributed by atoms with Crippen molar-refractivity contribution in [2.75, 3.05) is 20.2 Å². The fourth-order valence-corrected chi connectivity index (χ4v) is 1.46. The molecule has 1 N–H and O–H groups in total. The molecule has 0 amide bonds. The Morgan fingerprint density at radius 3 is 2.79 bits per heavy atom. The second kappa shape index (κ2) is 6.44. The summed E-state index contributed by atoms with van der Waals surface area (Å²) in [6, 6.07) is 8.27. The van der Waals surface area contributed by atoms with Gasteiger partial charge in [-0.25, -0.2) is 0 Å². The lowest BCUT2D eigenvalue weighted by molar-refractivity contribution is 0.336. The second-order valence-corrected chi connectivity index (χ2v) is 3.25. The highest BCUT2D eigenvalue weighted by atomic mass is 16.5. The van der Waals surface area contributed by atoms with Crippen molar-refractivity contribution in [1.82, 2.24) is 5.32 Å². The minimum atomic E-state index is 0.739. The van der Waals surface area contributed by atoms with Crippen LogP contribution in [0, 0.1) is 0 Å². The third-order valence-corrected chi connectivity index (χ3v) is 2.15. The van der Waals surface area contributed by atoms with Crippen molar-refractivity contribution in [3.05, 3.63) is 29.8 Å². The Hall–Kier alpha value is -1.02. The van der Waals surface area contributed by atoms with Crippen LogP contribution >= 0.6 is 0 Å². The van der Waals surface area contributed by atoms with Crippen molar-refractivity contribution < 1.29 is 4.74 Å². The molecule has 1 aromatic rings. The molecular formula is C12H19NO. The monoisotopic (exact) mass is 193 g/mol. The molecule has 2 nitrogen and oxygen atoms in total. The highest BCUT2D eigenvalue weighted by molar-refractivity contribution is 5.33. The van der Waals surface area contributed by atoms with E-state index >= 15 is 0 Å². The number of para-hydroxylation sites is 1. The maximum Gasteiger partial charge on any atom is 0.122 e. The molecule has 0 fully saturated rings. The first kappa shape index (κ1) is 11.1. The molecule has 0 aromatic heterocycles. The smallest absolute Gasteiger partial charge is 0.122 e. The molecule has 0 aliphatic heterocycles. The number of ether oxygens (including phenoxy) is 1. The van der Waals surface area contributed by atoms with Gasteiger partial charge in [-0.05, 0) is 45.0 Å². The van der Waals surface area contributed by atoms with Crippen LogP contribution in [-0.4, -0.2) is 20.2 Å². The average molecular weight is 193 g/mol. The van der Waals surface area contributed by atoms with Crippen LogP contribution in [0.4, 0.5) is 0 Å². The van der Waals surface area contributed by atoms with E-state index in [1.54, 1.807) is 0 Å². The molecular weight excluding hydrogens is 174 g/mol. The molecule has 0 atom stereocenters. The molecule has 78 valence electrons. The largest absolute Gasteiger partial charge is 0.494 e. The van der Waals surface area contributed by atoms with Gasteiger partial charge in [0.05, 0.1) is 6.61 Å². The summed E-state index contributed by atoms with van der Waals surface area (Å²) >= 11 is 0. The predicted octanol–water partition coefficient (Wildman–Crippen LogP) is 2.24. The Bertz CT molecular complexity index is 260. The van der Waals surface area contributed by atoms with E-state index in [9.17, 15) is 0 Å². The number of benzene rings is 1. The van der Waals surface area contributed by atoms with Crippen LogP contribution in [0.5, 0.6) is 5.75 Å². The lowest BCUT2D eigenvalue weighted by atomic mass is 10.1. The lowest BCUT2D eigenvalue weighted by Gasteiger charge is -2.09. The average Bonchev–Trinajstić information content (AvgIpc) is 2.21. The van der Waals surface area contributed by atoms with Crippen molar-refractivity contribution in [3.8, 4) is 5.75 Å². The number of nitrogens with one attached hydrogen (secondary N) is 1. The molecule has 0 aliphatic carbocycles. The molecule has 1 aromatic carbocycles. The molecule has 0 radical (unpaired) electrons. The van der Waals surface area contributed by atoms with Crippen LogP contribution in [-0.2, 0) is 6.42 Å². The molecule has 1 rings (SSSR count). The van der Waals surface area contributed by atoms with Gasteiger partial charge in [0, 0.05) is 0 Å².